The number of para-hydroxylation sites is 1. The van der Waals surface area contributed by atoms with E-state index in [1.54, 1.807) is 0 Å². The predicted octanol–water partition coefficient (Wildman–Crippen LogP) is 1.98. The van der Waals surface area contributed by atoms with Gasteiger partial charge in [0, 0.05) is 12.3 Å². The van der Waals surface area contributed by atoms with Crippen LogP contribution < -0.4 is 10.9 Å². The monoisotopic (exact) mass is 292 g/mol. The molecule has 0 aliphatic carbocycles. The summed E-state index contributed by atoms with van der Waals surface area (Å²) in [7, 11) is 0. The molecule has 2 aromatic rings. The van der Waals surface area contributed by atoms with Crippen LogP contribution in [0.2, 0.25) is 5.02 Å². The lowest BCUT2D eigenvalue weighted by Crippen LogP contribution is -2.17. The second-order valence-corrected chi connectivity index (χ2v) is 4.27. The first-order valence-corrected chi connectivity index (χ1v) is 5.88. The number of amides is 1. The summed E-state index contributed by atoms with van der Waals surface area (Å²) >= 11 is 5.89. The number of aromatic carboxylic acids is 1. The largest absolute Gasteiger partial charge is 0.478 e. The molecule has 0 radical (unpaired) electrons. The lowest BCUT2D eigenvalue weighted by Gasteiger charge is -2.10. The molecule has 3 N–H and O–H groups in total. The molecule has 0 aliphatic heterocycles. The molecule has 0 saturated carbocycles. The molecule has 1 aromatic heterocycles. The van der Waals surface area contributed by atoms with Crippen LogP contribution in [0.4, 0.5) is 5.69 Å². The number of pyridine rings is 1. The lowest BCUT2D eigenvalue weighted by molar-refractivity contribution is 0.0698. The Labute approximate surface area is 118 Å². The molecule has 20 heavy (non-hydrogen) atoms. The quantitative estimate of drug-likeness (QED) is 0.805. The Balaban J connectivity index is 2.35. The fraction of sp³-hybridized carbons (Fsp3) is 0. The molecule has 0 atom stereocenters. The van der Waals surface area contributed by atoms with Crippen LogP contribution in [-0.2, 0) is 0 Å². The average molecular weight is 293 g/mol. The van der Waals surface area contributed by atoms with E-state index in [4.69, 9.17) is 16.7 Å². The van der Waals surface area contributed by atoms with E-state index in [1.807, 2.05) is 0 Å². The number of carboxylic acids is 1. The van der Waals surface area contributed by atoms with Gasteiger partial charge in [0.25, 0.3) is 5.91 Å². The summed E-state index contributed by atoms with van der Waals surface area (Å²) in [5, 5.41) is 11.6. The standard InChI is InChI=1S/C13H9ClN2O4/c14-9-3-1-2-8(13(19)20)11(9)16-12(18)7-4-5-10(17)15-6-7/h1-6H,(H,15,17)(H,16,18)(H,19,20). The van der Waals surface area contributed by atoms with Crippen LogP contribution in [0.1, 0.15) is 20.7 Å². The SMILES string of the molecule is O=C(Nc1c(Cl)cccc1C(=O)O)c1ccc(=O)[nH]c1. The third-order valence-electron chi connectivity index (χ3n) is 2.53. The maximum absolute atomic E-state index is 12.0. The first-order valence-electron chi connectivity index (χ1n) is 5.51. The molecule has 6 nitrogen and oxygen atoms in total. The summed E-state index contributed by atoms with van der Waals surface area (Å²) in [5.41, 5.74) is -0.264. The van der Waals surface area contributed by atoms with E-state index in [-0.39, 0.29) is 27.4 Å². The Hall–Kier alpha value is -2.60. The van der Waals surface area contributed by atoms with Gasteiger partial charge in [0.15, 0.2) is 0 Å². The van der Waals surface area contributed by atoms with Crippen LogP contribution in [0.3, 0.4) is 0 Å². The number of H-pyrrole nitrogens is 1. The first-order chi connectivity index (χ1) is 9.49. The maximum Gasteiger partial charge on any atom is 0.337 e. The number of carbonyl (C=O) groups excluding carboxylic acids is 1. The third-order valence-corrected chi connectivity index (χ3v) is 2.84. The van der Waals surface area contributed by atoms with Gasteiger partial charge >= 0.3 is 5.97 Å². The molecule has 1 aromatic carbocycles. The highest BCUT2D eigenvalue weighted by atomic mass is 35.5. The zero-order valence-electron chi connectivity index (χ0n) is 10.0. The molecule has 102 valence electrons. The van der Waals surface area contributed by atoms with E-state index in [1.165, 1.54) is 36.5 Å². The van der Waals surface area contributed by atoms with Crippen molar-refractivity contribution in [2.75, 3.05) is 5.32 Å². The number of aromatic nitrogens is 1. The smallest absolute Gasteiger partial charge is 0.337 e. The van der Waals surface area contributed by atoms with E-state index < -0.39 is 11.9 Å². The summed E-state index contributed by atoms with van der Waals surface area (Å²) in [4.78, 5) is 36.3. The number of hydrogen-bond acceptors (Lipinski definition) is 3. The van der Waals surface area contributed by atoms with Crippen molar-refractivity contribution in [1.29, 1.82) is 0 Å². The van der Waals surface area contributed by atoms with E-state index in [0.29, 0.717) is 0 Å². The second-order valence-electron chi connectivity index (χ2n) is 3.86. The topological polar surface area (TPSA) is 99.3 Å². The van der Waals surface area contributed by atoms with Crippen molar-refractivity contribution in [2.24, 2.45) is 0 Å². The van der Waals surface area contributed by atoms with Crippen LogP contribution >= 0.6 is 11.6 Å². The number of benzene rings is 1. The second kappa shape index (κ2) is 5.58. The number of hydrogen-bond donors (Lipinski definition) is 3. The Bertz CT molecular complexity index is 719. The molecule has 0 spiro atoms. The average Bonchev–Trinajstić information content (AvgIpc) is 2.41. The van der Waals surface area contributed by atoms with Crippen LogP contribution in [0.5, 0.6) is 0 Å². The molecule has 1 heterocycles. The van der Waals surface area contributed by atoms with Gasteiger partial charge in [-0.1, -0.05) is 17.7 Å². The highest BCUT2D eigenvalue weighted by molar-refractivity contribution is 6.34. The molecule has 0 saturated heterocycles. The number of rotatable bonds is 3. The number of carbonyl (C=O) groups is 2. The maximum atomic E-state index is 12.0. The number of aromatic amines is 1. The molecular weight excluding hydrogens is 284 g/mol. The van der Waals surface area contributed by atoms with Crippen LogP contribution in [0, 0.1) is 0 Å². The summed E-state index contributed by atoms with van der Waals surface area (Å²) < 4.78 is 0. The molecule has 0 fully saturated rings. The molecule has 0 bridgehead atoms. The zero-order valence-corrected chi connectivity index (χ0v) is 10.8. The minimum atomic E-state index is -1.20. The summed E-state index contributed by atoms with van der Waals surface area (Å²) in [6.45, 7) is 0. The third kappa shape index (κ3) is 2.86. The number of anilines is 1. The molecule has 2 rings (SSSR count). The van der Waals surface area contributed by atoms with Gasteiger partial charge in [-0.05, 0) is 18.2 Å². The van der Waals surface area contributed by atoms with Gasteiger partial charge in [0.2, 0.25) is 5.56 Å². The van der Waals surface area contributed by atoms with Crippen LogP contribution in [-0.4, -0.2) is 22.0 Å². The minimum absolute atomic E-state index is 0.0119. The molecule has 1 amide bonds. The van der Waals surface area contributed by atoms with Crippen molar-refractivity contribution in [3.63, 3.8) is 0 Å². The van der Waals surface area contributed by atoms with Gasteiger partial charge in [-0.15, -0.1) is 0 Å². The van der Waals surface area contributed by atoms with Crippen molar-refractivity contribution in [1.82, 2.24) is 4.98 Å². The zero-order chi connectivity index (χ0) is 14.7. The number of carboxylic acid groups (broad SMARTS) is 1. The minimum Gasteiger partial charge on any atom is -0.478 e. The lowest BCUT2D eigenvalue weighted by atomic mass is 10.1. The van der Waals surface area contributed by atoms with Gasteiger partial charge in [-0.3, -0.25) is 9.59 Å². The molecule has 0 unspecified atom stereocenters. The number of nitrogens with one attached hydrogen (secondary N) is 2. The Morgan fingerprint density at radius 1 is 1.20 bits per heavy atom. The van der Waals surface area contributed by atoms with E-state index in [0.717, 1.165) is 0 Å². The van der Waals surface area contributed by atoms with Crippen LogP contribution in [0.25, 0.3) is 0 Å². The fourth-order valence-electron chi connectivity index (χ4n) is 1.57. The van der Waals surface area contributed by atoms with Gasteiger partial charge < -0.3 is 15.4 Å². The Kier molecular flexibility index (Phi) is 3.86. The van der Waals surface area contributed by atoms with Crippen molar-refractivity contribution in [2.45, 2.75) is 0 Å². The molecule has 7 heteroatoms. The van der Waals surface area contributed by atoms with E-state index in [9.17, 15) is 14.4 Å². The fourth-order valence-corrected chi connectivity index (χ4v) is 1.79. The van der Waals surface area contributed by atoms with Gasteiger partial charge in [0.05, 0.1) is 21.8 Å². The van der Waals surface area contributed by atoms with Crippen molar-refractivity contribution in [3.05, 3.63) is 63.0 Å². The van der Waals surface area contributed by atoms with Gasteiger partial charge in [0.1, 0.15) is 0 Å². The Morgan fingerprint density at radius 2 is 1.95 bits per heavy atom. The Morgan fingerprint density at radius 3 is 2.55 bits per heavy atom. The highest BCUT2D eigenvalue weighted by Crippen LogP contribution is 2.26. The summed E-state index contributed by atoms with van der Waals surface area (Å²) in [5.74, 6) is -1.78. The van der Waals surface area contributed by atoms with Crippen molar-refractivity contribution in [3.8, 4) is 0 Å². The summed E-state index contributed by atoms with van der Waals surface area (Å²) in [6, 6.07) is 6.79. The predicted molar refractivity (Wildman–Crippen MR) is 73.4 cm³/mol. The first kappa shape index (κ1) is 13.8. The normalized spacial score (nSPS) is 10.1. The van der Waals surface area contributed by atoms with Crippen molar-refractivity contribution < 1.29 is 14.7 Å². The molecule has 0 aliphatic rings. The molecular formula is C13H9ClN2O4. The van der Waals surface area contributed by atoms with E-state index in [2.05, 4.69) is 10.3 Å². The van der Waals surface area contributed by atoms with Crippen LogP contribution in [0.15, 0.2) is 41.3 Å². The van der Waals surface area contributed by atoms with E-state index >= 15 is 0 Å². The van der Waals surface area contributed by atoms with Crippen molar-refractivity contribution >= 4 is 29.2 Å². The highest BCUT2D eigenvalue weighted by Gasteiger charge is 2.16. The van der Waals surface area contributed by atoms with Gasteiger partial charge in [-0.25, -0.2) is 4.79 Å². The summed E-state index contributed by atoms with van der Waals surface area (Å²) in [6.07, 6.45) is 1.23. The van der Waals surface area contributed by atoms with Gasteiger partial charge in [-0.2, -0.15) is 0 Å². The number of halogens is 1.